The lowest BCUT2D eigenvalue weighted by molar-refractivity contribution is -0.0578. The van der Waals surface area contributed by atoms with Gasteiger partial charge in [-0.05, 0) is 24.7 Å². The summed E-state index contributed by atoms with van der Waals surface area (Å²) in [5.41, 5.74) is 0. The summed E-state index contributed by atoms with van der Waals surface area (Å²) in [6, 6.07) is 0. The Bertz CT molecular complexity index is 99.8. The number of aliphatic hydroxyl groups excluding tert-OH is 2. The molecule has 2 heteroatoms. The van der Waals surface area contributed by atoms with E-state index in [4.69, 9.17) is 0 Å². The van der Waals surface area contributed by atoms with Gasteiger partial charge in [0.25, 0.3) is 0 Å². The second-order valence-electron chi connectivity index (χ2n) is 3.47. The predicted molar refractivity (Wildman–Crippen MR) is 39.6 cm³/mol. The van der Waals surface area contributed by atoms with Crippen LogP contribution in [0.3, 0.4) is 0 Å². The predicted octanol–water partition coefficient (Wildman–Crippen LogP) is 0.774. The van der Waals surface area contributed by atoms with Crippen LogP contribution in [0.25, 0.3) is 0 Å². The third-order valence-electron chi connectivity index (χ3n) is 2.75. The number of hydrogen-bond donors (Lipinski definition) is 2. The first-order valence-electron chi connectivity index (χ1n) is 3.99. The molecule has 1 aliphatic rings. The first-order chi connectivity index (χ1) is 4.63. The Hall–Kier alpha value is -0.0800. The minimum absolute atomic E-state index is 0.253. The largest absolute Gasteiger partial charge is 0.390 e. The van der Waals surface area contributed by atoms with E-state index in [-0.39, 0.29) is 5.92 Å². The standard InChI is InChI=1S/C8H16O2/c1-5-3-4-7(9)8(10)6(5)2/h5-10H,3-4H2,1-2H3. The molecule has 60 valence electrons. The Balaban J connectivity index is 2.52. The monoisotopic (exact) mass is 144 g/mol. The fraction of sp³-hybridized carbons (Fsp3) is 1.00. The topological polar surface area (TPSA) is 40.5 Å². The van der Waals surface area contributed by atoms with Crippen molar-refractivity contribution in [3.63, 3.8) is 0 Å². The summed E-state index contributed by atoms with van der Waals surface area (Å²) in [7, 11) is 0. The fourth-order valence-corrected chi connectivity index (χ4v) is 1.55. The lowest BCUT2D eigenvalue weighted by Crippen LogP contribution is -2.39. The number of aliphatic hydroxyl groups is 2. The zero-order chi connectivity index (χ0) is 7.72. The molecule has 0 aromatic heterocycles. The molecule has 0 heterocycles. The van der Waals surface area contributed by atoms with E-state index in [1.807, 2.05) is 6.92 Å². The van der Waals surface area contributed by atoms with Gasteiger partial charge < -0.3 is 10.2 Å². The number of hydrogen-bond acceptors (Lipinski definition) is 2. The van der Waals surface area contributed by atoms with Crippen molar-refractivity contribution in [2.75, 3.05) is 0 Å². The number of rotatable bonds is 0. The molecule has 2 nitrogen and oxygen atoms in total. The molecule has 0 bridgehead atoms. The molecule has 2 N–H and O–H groups in total. The van der Waals surface area contributed by atoms with E-state index in [1.165, 1.54) is 0 Å². The van der Waals surface area contributed by atoms with Gasteiger partial charge in [-0.3, -0.25) is 0 Å². The van der Waals surface area contributed by atoms with Gasteiger partial charge in [0.1, 0.15) is 0 Å². The maximum atomic E-state index is 9.37. The van der Waals surface area contributed by atoms with E-state index < -0.39 is 12.2 Å². The highest BCUT2D eigenvalue weighted by atomic mass is 16.3. The smallest absolute Gasteiger partial charge is 0.0827 e. The molecular formula is C8H16O2. The van der Waals surface area contributed by atoms with Crippen molar-refractivity contribution < 1.29 is 10.2 Å². The van der Waals surface area contributed by atoms with E-state index in [1.54, 1.807) is 0 Å². The molecule has 0 spiro atoms. The average molecular weight is 144 g/mol. The van der Waals surface area contributed by atoms with Gasteiger partial charge in [0.15, 0.2) is 0 Å². The zero-order valence-electron chi connectivity index (χ0n) is 6.62. The Morgan fingerprint density at radius 1 is 1.10 bits per heavy atom. The van der Waals surface area contributed by atoms with E-state index in [0.717, 1.165) is 12.8 Å². The molecule has 1 saturated carbocycles. The van der Waals surface area contributed by atoms with Gasteiger partial charge in [0.2, 0.25) is 0 Å². The van der Waals surface area contributed by atoms with E-state index in [9.17, 15) is 10.2 Å². The molecule has 1 rings (SSSR count). The third kappa shape index (κ3) is 1.32. The van der Waals surface area contributed by atoms with Crippen molar-refractivity contribution >= 4 is 0 Å². The van der Waals surface area contributed by atoms with Crippen molar-refractivity contribution in [2.24, 2.45) is 11.8 Å². The van der Waals surface area contributed by atoms with Gasteiger partial charge in [-0.15, -0.1) is 0 Å². The molecule has 1 fully saturated rings. The molecule has 0 aromatic rings. The molecule has 4 unspecified atom stereocenters. The summed E-state index contributed by atoms with van der Waals surface area (Å²) in [5, 5.41) is 18.6. The Morgan fingerprint density at radius 3 is 2.20 bits per heavy atom. The second-order valence-corrected chi connectivity index (χ2v) is 3.47. The molecule has 0 amide bonds. The second kappa shape index (κ2) is 2.89. The van der Waals surface area contributed by atoms with Crippen LogP contribution in [0.1, 0.15) is 26.7 Å². The van der Waals surface area contributed by atoms with Crippen molar-refractivity contribution in [1.29, 1.82) is 0 Å². The van der Waals surface area contributed by atoms with Gasteiger partial charge in [-0.2, -0.15) is 0 Å². The minimum Gasteiger partial charge on any atom is -0.390 e. The average Bonchev–Trinajstić information content (AvgIpc) is 1.93. The highest BCUT2D eigenvalue weighted by Gasteiger charge is 2.31. The Kier molecular flexibility index (Phi) is 2.32. The molecule has 1 aliphatic carbocycles. The van der Waals surface area contributed by atoms with Crippen LogP contribution in [-0.2, 0) is 0 Å². The summed E-state index contributed by atoms with van der Waals surface area (Å²) in [4.78, 5) is 0. The van der Waals surface area contributed by atoms with Crippen LogP contribution in [0.5, 0.6) is 0 Å². The zero-order valence-corrected chi connectivity index (χ0v) is 6.62. The normalized spacial score (nSPS) is 49.2. The molecule has 0 aliphatic heterocycles. The van der Waals surface area contributed by atoms with Crippen LogP contribution in [0.15, 0.2) is 0 Å². The highest BCUT2D eigenvalue weighted by molar-refractivity contribution is 4.82. The van der Waals surface area contributed by atoms with Gasteiger partial charge >= 0.3 is 0 Å². The maximum Gasteiger partial charge on any atom is 0.0827 e. The van der Waals surface area contributed by atoms with Crippen molar-refractivity contribution in [3.05, 3.63) is 0 Å². The van der Waals surface area contributed by atoms with Crippen molar-refractivity contribution in [2.45, 2.75) is 38.9 Å². The lowest BCUT2D eigenvalue weighted by Gasteiger charge is -2.34. The van der Waals surface area contributed by atoms with Crippen LogP contribution in [0, 0.1) is 11.8 Å². The van der Waals surface area contributed by atoms with Gasteiger partial charge in [0, 0.05) is 0 Å². The molecule has 0 radical (unpaired) electrons. The van der Waals surface area contributed by atoms with Crippen molar-refractivity contribution in [3.8, 4) is 0 Å². The lowest BCUT2D eigenvalue weighted by atomic mass is 9.78. The summed E-state index contributed by atoms with van der Waals surface area (Å²) >= 11 is 0. The first kappa shape index (κ1) is 8.02. The van der Waals surface area contributed by atoms with Crippen LogP contribution in [-0.4, -0.2) is 22.4 Å². The van der Waals surface area contributed by atoms with Crippen LogP contribution in [0.4, 0.5) is 0 Å². The molecular weight excluding hydrogens is 128 g/mol. The molecule has 0 saturated heterocycles. The SMILES string of the molecule is CC1CCC(O)C(O)C1C. The van der Waals surface area contributed by atoms with Crippen molar-refractivity contribution in [1.82, 2.24) is 0 Å². The molecule has 0 aromatic carbocycles. The quantitative estimate of drug-likeness (QED) is 0.527. The van der Waals surface area contributed by atoms with Gasteiger partial charge in [-0.25, -0.2) is 0 Å². The van der Waals surface area contributed by atoms with Crippen LogP contribution < -0.4 is 0 Å². The van der Waals surface area contributed by atoms with E-state index in [2.05, 4.69) is 6.92 Å². The molecule has 10 heavy (non-hydrogen) atoms. The van der Waals surface area contributed by atoms with E-state index in [0.29, 0.717) is 5.92 Å². The van der Waals surface area contributed by atoms with E-state index >= 15 is 0 Å². The fourth-order valence-electron chi connectivity index (χ4n) is 1.55. The maximum absolute atomic E-state index is 9.37. The summed E-state index contributed by atoms with van der Waals surface area (Å²) in [6.07, 6.45) is 0.821. The highest BCUT2D eigenvalue weighted by Crippen LogP contribution is 2.29. The third-order valence-corrected chi connectivity index (χ3v) is 2.75. The Labute approximate surface area is 61.9 Å². The minimum atomic E-state index is -0.497. The summed E-state index contributed by atoms with van der Waals surface area (Å²) in [5.74, 6) is 0.808. The summed E-state index contributed by atoms with van der Waals surface area (Å²) in [6.45, 7) is 4.12. The molecule has 4 atom stereocenters. The van der Waals surface area contributed by atoms with Gasteiger partial charge in [-0.1, -0.05) is 13.8 Å². The van der Waals surface area contributed by atoms with Crippen LogP contribution >= 0.6 is 0 Å². The first-order valence-corrected chi connectivity index (χ1v) is 3.99. The Morgan fingerprint density at radius 2 is 1.70 bits per heavy atom. The van der Waals surface area contributed by atoms with Gasteiger partial charge in [0.05, 0.1) is 12.2 Å². The summed E-state index contributed by atoms with van der Waals surface area (Å²) < 4.78 is 0. The van der Waals surface area contributed by atoms with Crippen LogP contribution in [0.2, 0.25) is 0 Å².